The molecule has 5 rings (SSSR count). The quantitative estimate of drug-likeness (QED) is 0.0986. The van der Waals surface area contributed by atoms with Gasteiger partial charge in [0.1, 0.15) is 10.6 Å². The number of nitrogens with one attached hydrogen (secondary N) is 1. The summed E-state index contributed by atoms with van der Waals surface area (Å²) < 4.78 is 81.8. The van der Waals surface area contributed by atoms with E-state index in [4.69, 9.17) is 9.47 Å². The molecule has 2 heterocycles. The van der Waals surface area contributed by atoms with E-state index in [0.717, 1.165) is 20.5 Å². The Labute approximate surface area is 244 Å². The highest BCUT2D eigenvalue weighted by Gasteiger charge is 2.33. The summed E-state index contributed by atoms with van der Waals surface area (Å²) in [5.41, 5.74) is 0.648. The molecule has 3 aromatic carbocycles. The second-order valence-electron chi connectivity index (χ2n) is 9.27. The molecule has 0 unspecified atom stereocenters. The van der Waals surface area contributed by atoms with E-state index < -0.39 is 46.8 Å². The molecular weight excluding hydrogens is 601 g/mol. The maximum absolute atomic E-state index is 14.1. The van der Waals surface area contributed by atoms with E-state index in [9.17, 15) is 31.9 Å². The van der Waals surface area contributed by atoms with Crippen LogP contribution in [0.5, 0.6) is 0 Å². The average molecular weight is 624 g/mol. The van der Waals surface area contributed by atoms with Gasteiger partial charge in [-0.1, -0.05) is 59.5 Å². The molecule has 1 aliphatic heterocycles. The maximum Gasteiger partial charge on any atom is 0.261 e. The largest absolute Gasteiger partial charge is 0.392 e. The second kappa shape index (κ2) is 12.8. The number of aliphatic hydroxyl groups excluding tert-OH is 1. The van der Waals surface area contributed by atoms with Gasteiger partial charge < -0.3 is 19.9 Å². The Kier molecular flexibility index (Phi) is 9.18. The zero-order valence-corrected chi connectivity index (χ0v) is 23.4. The first kappa shape index (κ1) is 30.0. The van der Waals surface area contributed by atoms with Crippen molar-refractivity contribution < 1.29 is 41.3 Å². The van der Waals surface area contributed by atoms with E-state index in [1.807, 2.05) is 19.1 Å². The Bertz CT molecular complexity index is 1560. The number of nitrogens with zero attached hydrogens (tertiary/aromatic N) is 2. The number of aryl methyl sites for hydroxylation is 1. The van der Waals surface area contributed by atoms with Gasteiger partial charge >= 0.3 is 0 Å². The summed E-state index contributed by atoms with van der Waals surface area (Å²) in [5.74, 6) is -12.2. The zero-order valence-electron chi connectivity index (χ0n) is 21.7. The average Bonchev–Trinajstić information content (AvgIpc) is 3.43. The third-order valence-electron chi connectivity index (χ3n) is 6.39. The molecular formula is C28H22F5N3O4S2. The summed E-state index contributed by atoms with van der Waals surface area (Å²) in [4.78, 5) is 12.4. The molecule has 0 radical (unpaired) electrons. The molecule has 1 fully saturated rings. The van der Waals surface area contributed by atoms with Crippen LogP contribution in [-0.2, 0) is 16.1 Å². The normalized spacial score (nSPS) is 18.7. The van der Waals surface area contributed by atoms with Gasteiger partial charge in [-0.3, -0.25) is 4.79 Å². The summed E-state index contributed by atoms with van der Waals surface area (Å²) in [7, 11) is 0. The number of halogens is 5. The third kappa shape index (κ3) is 6.47. The Morgan fingerprint density at radius 1 is 0.929 bits per heavy atom. The van der Waals surface area contributed by atoms with Crippen molar-refractivity contribution in [2.75, 3.05) is 11.1 Å². The minimum absolute atomic E-state index is 0.0402. The number of aliphatic hydroxyl groups is 1. The lowest BCUT2D eigenvalue weighted by molar-refractivity contribution is -0.245. The van der Waals surface area contributed by atoms with Crippen LogP contribution >= 0.6 is 23.1 Å². The Hall–Kier alpha value is -3.43. The van der Waals surface area contributed by atoms with Gasteiger partial charge in [-0.05, 0) is 30.2 Å². The zero-order chi connectivity index (χ0) is 30.0. The first-order chi connectivity index (χ1) is 20.1. The van der Waals surface area contributed by atoms with Crippen LogP contribution in [-0.4, -0.2) is 33.1 Å². The number of hydrogen-bond donors (Lipinski definition) is 2. The Balaban J connectivity index is 1.33. The maximum atomic E-state index is 14.1. The molecule has 0 aliphatic carbocycles. The SMILES string of the molecule is Cc1nnc(SC[C@@H]2C[C@H](c3ccc(CO)cc3)O[C@H](c3ccc(NC(=O)c4c(F)c(F)c(F)c(F)c4F)cc3)O2)s1. The summed E-state index contributed by atoms with van der Waals surface area (Å²) in [6, 6.07) is 13.2. The smallest absolute Gasteiger partial charge is 0.261 e. The highest BCUT2D eigenvalue weighted by molar-refractivity contribution is 8.01. The summed E-state index contributed by atoms with van der Waals surface area (Å²) in [6.07, 6.45) is -0.903. The summed E-state index contributed by atoms with van der Waals surface area (Å²) >= 11 is 2.98. The predicted octanol–water partition coefficient (Wildman–Crippen LogP) is 6.62. The van der Waals surface area contributed by atoms with Crippen molar-refractivity contribution in [2.24, 2.45) is 0 Å². The molecule has 7 nitrogen and oxygen atoms in total. The highest BCUT2D eigenvalue weighted by Crippen LogP contribution is 2.40. The van der Waals surface area contributed by atoms with Crippen LogP contribution in [0.2, 0.25) is 0 Å². The number of anilines is 1. The van der Waals surface area contributed by atoms with Crippen molar-refractivity contribution in [3.8, 4) is 0 Å². The molecule has 0 bridgehead atoms. The fourth-order valence-corrected chi connectivity index (χ4v) is 6.10. The van der Waals surface area contributed by atoms with Gasteiger partial charge in [0.25, 0.3) is 5.91 Å². The van der Waals surface area contributed by atoms with Crippen LogP contribution in [0.15, 0.2) is 52.9 Å². The van der Waals surface area contributed by atoms with Gasteiger partial charge in [0.15, 0.2) is 33.9 Å². The molecule has 1 aromatic heterocycles. The minimum Gasteiger partial charge on any atom is -0.392 e. The number of thioether (sulfide) groups is 1. The van der Waals surface area contributed by atoms with Crippen molar-refractivity contribution in [1.29, 1.82) is 0 Å². The van der Waals surface area contributed by atoms with Crippen molar-refractivity contribution in [2.45, 2.75) is 42.8 Å². The van der Waals surface area contributed by atoms with E-state index in [1.165, 1.54) is 35.2 Å². The first-order valence-electron chi connectivity index (χ1n) is 12.5. The topological polar surface area (TPSA) is 93.6 Å². The van der Waals surface area contributed by atoms with Crippen LogP contribution in [0.3, 0.4) is 0 Å². The summed E-state index contributed by atoms with van der Waals surface area (Å²) in [6.45, 7) is 1.77. The van der Waals surface area contributed by atoms with Gasteiger partial charge in [-0.15, -0.1) is 10.2 Å². The molecule has 2 N–H and O–H groups in total. The van der Waals surface area contributed by atoms with Crippen molar-refractivity contribution in [3.05, 3.63) is 105 Å². The van der Waals surface area contributed by atoms with Crippen molar-refractivity contribution in [1.82, 2.24) is 10.2 Å². The Morgan fingerprint density at radius 2 is 1.55 bits per heavy atom. The number of carbonyl (C=O) groups excluding carboxylic acids is 1. The second-order valence-corrected chi connectivity index (χ2v) is 11.7. The monoisotopic (exact) mass is 623 g/mol. The molecule has 3 atom stereocenters. The van der Waals surface area contributed by atoms with E-state index >= 15 is 0 Å². The lowest BCUT2D eigenvalue weighted by Crippen LogP contribution is -2.31. The van der Waals surface area contributed by atoms with Gasteiger partial charge in [0.05, 0.1) is 18.8 Å². The molecule has 1 amide bonds. The molecule has 0 spiro atoms. The lowest BCUT2D eigenvalue weighted by atomic mass is 10.0. The van der Waals surface area contributed by atoms with Gasteiger partial charge in [0.2, 0.25) is 5.82 Å². The van der Waals surface area contributed by atoms with Crippen LogP contribution < -0.4 is 5.32 Å². The minimum atomic E-state index is -2.35. The molecule has 1 aliphatic rings. The number of ether oxygens (including phenoxy) is 2. The molecule has 4 aromatic rings. The van der Waals surface area contributed by atoms with E-state index in [1.54, 1.807) is 24.3 Å². The fraction of sp³-hybridized carbons (Fsp3) is 0.250. The summed E-state index contributed by atoms with van der Waals surface area (Å²) in [5, 5.41) is 20.5. The number of rotatable bonds is 8. The standard InChI is InChI=1S/C28H22F5N3O4S2/c1-13-35-36-28(42-13)41-12-18-10-19(15-4-2-14(11-37)3-5-15)40-27(39-18)16-6-8-17(9-7-16)34-26(38)20-21(29)23(31)25(33)24(32)22(20)30/h2-9,18-19,27,37H,10-12H2,1H3,(H,34,38)/t18-,19+,27+/m0/s1. The first-order valence-corrected chi connectivity index (χ1v) is 14.3. The van der Waals surface area contributed by atoms with Crippen LogP contribution in [0.1, 0.15) is 50.9 Å². The number of aromatic nitrogens is 2. The predicted molar refractivity (Wildman–Crippen MR) is 144 cm³/mol. The highest BCUT2D eigenvalue weighted by atomic mass is 32.2. The van der Waals surface area contributed by atoms with Crippen LogP contribution in [0.25, 0.3) is 0 Å². The number of carbonyl (C=O) groups is 1. The van der Waals surface area contributed by atoms with E-state index in [0.29, 0.717) is 17.7 Å². The molecule has 42 heavy (non-hydrogen) atoms. The third-order valence-corrected chi connectivity index (χ3v) is 8.50. The van der Waals surface area contributed by atoms with Crippen molar-refractivity contribution >= 4 is 34.7 Å². The number of hydrogen-bond acceptors (Lipinski definition) is 8. The van der Waals surface area contributed by atoms with Gasteiger partial charge in [-0.2, -0.15) is 0 Å². The van der Waals surface area contributed by atoms with Crippen LogP contribution in [0, 0.1) is 36.0 Å². The van der Waals surface area contributed by atoms with Gasteiger partial charge in [-0.25, -0.2) is 22.0 Å². The van der Waals surface area contributed by atoms with E-state index in [-0.39, 0.29) is 24.5 Å². The fourth-order valence-electron chi connectivity index (χ4n) is 4.25. The Morgan fingerprint density at radius 3 is 2.14 bits per heavy atom. The molecule has 220 valence electrons. The van der Waals surface area contributed by atoms with Crippen molar-refractivity contribution in [3.63, 3.8) is 0 Å². The molecule has 0 saturated carbocycles. The van der Waals surface area contributed by atoms with Gasteiger partial charge in [0, 0.05) is 23.4 Å². The number of benzene rings is 3. The molecule has 14 heteroatoms. The number of amides is 1. The lowest BCUT2D eigenvalue weighted by Gasteiger charge is -2.36. The van der Waals surface area contributed by atoms with Crippen LogP contribution in [0.4, 0.5) is 27.6 Å². The van der Waals surface area contributed by atoms with E-state index in [2.05, 4.69) is 15.5 Å². The molecule has 1 saturated heterocycles.